The first-order chi connectivity index (χ1) is 10.1. The molecule has 110 valence electrons. The predicted molar refractivity (Wildman–Crippen MR) is 73.7 cm³/mol. The Morgan fingerprint density at radius 3 is 3.14 bits per heavy atom. The number of carbonyl (C=O) groups is 1. The predicted octanol–water partition coefficient (Wildman–Crippen LogP) is 1.04. The number of amides is 1. The number of fused-ring (bicyclic) bond motifs is 5. The lowest BCUT2D eigenvalue weighted by Gasteiger charge is -2.34. The Kier molecular flexibility index (Phi) is 2.62. The van der Waals surface area contributed by atoms with Crippen LogP contribution in [-0.4, -0.2) is 38.7 Å². The summed E-state index contributed by atoms with van der Waals surface area (Å²) in [5, 5.41) is 12.7. The highest BCUT2D eigenvalue weighted by molar-refractivity contribution is 5.76. The fourth-order valence-electron chi connectivity index (χ4n) is 4.99. The van der Waals surface area contributed by atoms with E-state index in [1.807, 2.05) is 11.0 Å². The molecule has 6 heteroatoms. The maximum Gasteiger partial charge on any atom is 0.252 e. The summed E-state index contributed by atoms with van der Waals surface area (Å²) in [7, 11) is 0. The van der Waals surface area contributed by atoms with Gasteiger partial charge in [0.2, 0.25) is 5.91 Å². The molecule has 1 aliphatic heterocycles. The monoisotopic (exact) mass is 285 g/mol. The molecule has 2 saturated carbocycles. The van der Waals surface area contributed by atoms with Gasteiger partial charge in [-0.3, -0.25) is 4.79 Å². The fraction of sp³-hybridized carbons (Fsp3) is 0.733. The summed E-state index contributed by atoms with van der Waals surface area (Å²) in [5.74, 6) is 2.53. The van der Waals surface area contributed by atoms with Crippen LogP contribution in [-0.2, 0) is 11.3 Å². The summed E-state index contributed by atoms with van der Waals surface area (Å²) in [5.41, 5.74) is 0.332. The second-order valence-corrected chi connectivity index (χ2v) is 7.03. The molecule has 1 amide bonds. The van der Waals surface area contributed by atoms with E-state index in [4.69, 9.17) is 5.26 Å². The lowest BCUT2D eigenvalue weighted by Crippen LogP contribution is -2.36. The van der Waals surface area contributed by atoms with Gasteiger partial charge in [0.05, 0.1) is 0 Å². The summed E-state index contributed by atoms with van der Waals surface area (Å²) in [6.45, 7) is 4.35. The second kappa shape index (κ2) is 4.30. The third-order valence-corrected chi connectivity index (χ3v) is 6.06. The van der Waals surface area contributed by atoms with Crippen LogP contribution < -0.4 is 0 Å². The Morgan fingerprint density at radius 2 is 2.43 bits per heavy atom. The minimum absolute atomic E-state index is 0.0967. The van der Waals surface area contributed by atoms with Gasteiger partial charge in [-0.15, -0.1) is 5.10 Å². The van der Waals surface area contributed by atoms with Gasteiger partial charge < -0.3 is 4.90 Å². The molecule has 3 aliphatic rings. The first-order valence-electron chi connectivity index (χ1n) is 7.67. The number of aromatic nitrogens is 3. The average Bonchev–Trinajstić information content (AvgIpc) is 3.17. The van der Waals surface area contributed by atoms with E-state index in [1.165, 1.54) is 30.3 Å². The van der Waals surface area contributed by atoms with Crippen molar-refractivity contribution in [1.29, 1.82) is 5.26 Å². The van der Waals surface area contributed by atoms with Crippen LogP contribution in [0.1, 0.15) is 32.0 Å². The van der Waals surface area contributed by atoms with E-state index < -0.39 is 0 Å². The maximum absolute atomic E-state index is 12.5. The zero-order valence-electron chi connectivity index (χ0n) is 12.2. The molecule has 2 unspecified atom stereocenters. The van der Waals surface area contributed by atoms with Crippen LogP contribution in [0.15, 0.2) is 6.33 Å². The van der Waals surface area contributed by atoms with Crippen molar-refractivity contribution < 1.29 is 4.79 Å². The second-order valence-electron chi connectivity index (χ2n) is 7.03. The van der Waals surface area contributed by atoms with Gasteiger partial charge in [-0.1, -0.05) is 6.92 Å². The van der Waals surface area contributed by atoms with Crippen molar-refractivity contribution in [3.8, 4) is 6.07 Å². The van der Waals surface area contributed by atoms with Gasteiger partial charge in [0, 0.05) is 13.1 Å². The van der Waals surface area contributed by atoms with E-state index in [0.29, 0.717) is 11.3 Å². The minimum atomic E-state index is 0.0967. The summed E-state index contributed by atoms with van der Waals surface area (Å²) < 4.78 is 1.46. The topological polar surface area (TPSA) is 74.8 Å². The number of rotatable bonds is 2. The van der Waals surface area contributed by atoms with E-state index in [2.05, 4.69) is 17.0 Å². The molecule has 1 saturated heterocycles. The Hall–Kier alpha value is -1.90. The van der Waals surface area contributed by atoms with E-state index in [9.17, 15) is 4.79 Å². The molecular weight excluding hydrogens is 266 g/mol. The van der Waals surface area contributed by atoms with Crippen LogP contribution >= 0.6 is 0 Å². The van der Waals surface area contributed by atoms with Gasteiger partial charge in [0.1, 0.15) is 18.9 Å². The van der Waals surface area contributed by atoms with Crippen LogP contribution in [0.25, 0.3) is 0 Å². The number of hydrogen-bond donors (Lipinski definition) is 0. The highest BCUT2D eigenvalue weighted by atomic mass is 16.2. The van der Waals surface area contributed by atoms with Gasteiger partial charge in [-0.25, -0.2) is 9.67 Å². The van der Waals surface area contributed by atoms with E-state index >= 15 is 0 Å². The van der Waals surface area contributed by atoms with Crippen molar-refractivity contribution in [3.63, 3.8) is 0 Å². The first-order valence-corrected chi connectivity index (χ1v) is 7.67. The average molecular weight is 285 g/mol. The molecule has 4 rings (SSSR count). The molecule has 0 N–H and O–H groups in total. The zero-order chi connectivity index (χ0) is 14.6. The number of nitrogens with zero attached hydrogens (tertiary/aromatic N) is 5. The van der Waals surface area contributed by atoms with Gasteiger partial charge in [-0.2, -0.15) is 5.26 Å². The normalized spacial score (nSPS) is 36.8. The van der Waals surface area contributed by atoms with Gasteiger partial charge >= 0.3 is 0 Å². The van der Waals surface area contributed by atoms with E-state index in [0.717, 1.165) is 24.9 Å². The highest BCUT2D eigenvalue weighted by Gasteiger charge is 2.59. The smallest absolute Gasteiger partial charge is 0.252 e. The van der Waals surface area contributed by atoms with E-state index in [-0.39, 0.29) is 18.3 Å². The Morgan fingerprint density at radius 1 is 1.57 bits per heavy atom. The van der Waals surface area contributed by atoms with Gasteiger partial charge in [0.15, 0.2) is 0 Å². The highest BCUT2D eigenvalue weighted by Crippen LogP contribution is 2.62. The van der Waals surface area contributed by atoms with Crippen molar-refractivity contribution in [3.05, 3.63) is 12.2 Å². The quantitative estimate of drug-likeness (QED) is 0.814. The summed E-state index contributed by atoms with van der Waals surface area (Å²) in [6.07, 6.45) is 5.52. The first kappa shape index (κ1) is 12.8. The van der Waals surface area contributed by atoms with Crippen molar-refractivity contribution in [2.45, 2.75) is 32.7 Å². The molecule has 2 heterocycles. The largest absolute Gasteiger partial charge is 0.340 e. The molecule has 0 radical (unpaired) electrons. The maximum atomic E-state index is 12.5. The molecule has 0 spiro atoms. The number of hydrogen-bond acceptors (Lipinski definition) is 4. The van der Waals surface area contributed by atoms with Crippen LogP contribution in [0.5, 0.6) is 0 Å². The standard InChI is InChI=1S/C15H19N5O/c1-15-8-19(6-12(15)10-2-3-11(15)4-10)14(21)7-20-9-17-13(5-16)18-20/h9-12H,2-4,6-8H2,1H3/t10-,11+,12?,15?/m1/s1. The Bertz CT molecular complexity index is 632. The lowest BCUT2D eigenvalue weighted by molar-refractivity contribution is -0.131. The molecule has 4 atom stereocenters. The van der Waals surface area contributed by atoms with Crippen molar-refractivity contribution in [2.24, 2.45) is 23.2 Å². The molecule has 1 aromatic rings. The number of likely N-dealkylation sites (tertiary alicyclic amines) is 1. The van der Waals surface area contributed by atoms with Gasteiger partial charge in [0.25, 0.3) is 5.82 Å². The molecular formula is C15H19N5O. The summed E-state index contributed by atoms with van der Waals surface area (Å²) >= 11 is 0. The summed E-state index contributed by atoms with van der Waals surface area (Å²) in [4.78, 5) is 18.3. The van der Waals surface area contributed by atoms with Crippen molar-refractivity contribution >= 4 is 5.91 Å². The third kappa shape index (κ3) is 1.80. The molecule has 2 bridgehead atoms. The Labute approximate surface area is 123 Å². The lowest BCUT2D eigenvalue weighted by atomic mass is 9.70. The Balaban J connectivity index is 1.46. The molecule has 6 nitrogen and oxygen atoms in total. The SMILES string of the molecule is CC12CN(C(=O)Cn3cnc(C#N)n3)CC1[C@@H]1CC[C@H]2C1. The molecule has 2 aliphatic carbocycles. The van der Waals surface area contributed by atoms with E-state index in [1.54, 1.807) is 0 Å². The van der Waals surface area contributed by atoms with Crippen LogP contribution in [0, 0.1) is 34.5 Å². The van der Waals surface area contributed by atoms with Gasteiger partial charge in [-0.05, 0) is 42.4 Å². The van der Waals surface area contributed by atoms with Crippen molar-refractivity contribution in [2.75, 3.05) is 13.1 Å². The molecule has 1 aromatic heterocycles. The molecule has 21 heavy (non-hydrogen) atoms. The number of carbonyl (C=O) groups excluding carboxylic acids is 1. The van der Waals surface area contributed by atoms with Crippen LogP contribution in [0.4, 0.5) is 0 Å². The minimum Gasteiger partial charge on any atom is -0.340 e. The van der Waals surface area contributed by atoms with Crippen LogP contribution in [0.2, 0.25) is 0 Å². The number of nitriles is 1. The third-order valence-electron chi connectivity index (χ3n) is 6.06. The molecule has 0 aromatic carbocycles. The fourth-order valence-corrected chi connectivity index (χ4v) is 4.99. The van der Waals surface area contributed by atoms with Crippen molar-refractivity contribution in [1.82, 2.24) is 19.7 Å². The zero-order valence-corrected chi connectivity index (χ0v) is 12.2. The van der Waals surface area contributed by atoms with Crippen LogP contribution in [0.3, 0.4) is 0 Å². The molecule has 3 fully saturated rings. The summed E-state index contributed by atoms with van der Waals surface area (Å²) in [6, 6.07) is 1.88.